The van der Waals surface area contributed by atoms with Crippen LogP contribution in [-0.2, 0) is 4.79 Å². The van der Waals surface area contributed by atoms with Gasteiger partial charge in [-0.05, 0) is 17.7 Å². The van der Waals surface area contributed by atoms with E-state index in [-0.39, 0.29) is 12.5 Å². The van der Waals surface area contributed by atoms with E-state index in [1.807, 2.05) is 0 Å². The third-order valence-corrected chi connectivity index (χ3v) is 2.67. The summed E-state index contributed by atoms with van der Waals surface area (Å²) in [6.45, 7) is 1.93. The maximum absolute atomic E-state index is 11.0. The SMILES string of the molecule is CCC(=O)NCC(O)c1ccc(OC)c(Cl)c1. The molecule has 94 valence electrons. The molecule has 4 nitrogen and oxygen atoms in total. The molecule has 2 N–H and O–H groups in total. The van der Waals surface area contributed by atoms with Gasteiger partial charge in [0, 0.05) is 13.0 Å². The zero-order valence-electron chi connectivity index (χ0n) is 9.87. The smallest absolute Gasteiger partial charge is 0.219 e. The Morgan fingerprint density at radius 2 is 2.29 bits per heavy atom. The van der Waals surface area contributed by atoms with Crippen LogP contribution in [0.4, 0.5) is 0 Å². The molecule has 0 bridgehead atoms. The lowest BCUT2D eigenvalue weighted by molar-refractivity contribution is -0.121. The number of ether oxygens (including phenoxy) is 1. The first kappa shape index (κ1) is 13.8. The Morgan fingerprint density at radius 1 is 1.59 bits per heavy atom. The van der Waals surface area contributed by atoms with Crippen molar-refractivity contribution in [2.24, 2.45) is 0 Å². The molecule has 5 heteroatoms. The van der Waals surface area contributed by atoms with Crippen molar-refractivity contribution < 1.29 is 14.6 Å². The Bertz CT molecular complexity index is 395. The first-order chi connectivity index (χ1) is 8.08. The minimum atomic E-state index is -0.770. The predicted octanol–water partition coefficient (Wildman–Crippen LogP) is 1.91. The molecule has 0 spiro atoms. The Morgan fingerprint density at radius 3 is 2.82 bits per heavy atom. The molecule has 0 heterocycles. The largest absolute Gasteiger partial charge is 0.495 e. The highest BCUT2D eigenvalue weighted by molar-refractivity contribution is 6.32. The van der Waals surface area contributed by atoms with Crippen LogP contribution in [0.5, 0.6) is 5.75 Å². The molecule has 1 aromatic carbocycles. The Kier molecular flexibility index (Phi) is 5.25. The quantitative estimate of drug-likeness (QED) is 0.847. The molecule has 0 aliphatic rings. The van der Waals surface area contributed by atoms with Gasteiger partial charge < -0.3 is 15.2 Å². The van der Waals surface area contributed by atoms with Crippen molar-refractivity contribution in [1.82, 2.24) is 5.32 Å². The van der Waals surface area contributed by atoms with Crippen molar-refractivity contribution in [1.29, 1.82) is 0 Å². The highest BCUT2D eigenvalue weighted by Gasteiger charge is 2.11. The summed E-state index contributed by atoms with van der Waals surface area (Å²) in [5.41, 5.74) is 0.646. The van der Waals surface area contributed by atoms with E-state index in [0.29, 0.717) is 22.8 Å². The van der Waals surface area contributed by atoms with Gasteiger partial charge in [-0.15, -0.1) is 0 Å². The van der Waals surface area contributed by atoms with Gasteiger partial charge in [0.25, 0.3) is 0 Å². The lowest BCUT2D eigenvalue weighted by atomic mass is 10.1. The topological polar surface area (TPSA) is 58.6 Å². The number of halogens is 1. The molecule has 17 heavy (non-hydrogen) atoms. The minimum Gasteiger partial charge on any atom is -0.495 e. The molecule has 0 saturated heterocycles. The van der Waals surface area contributed by atoms with E-state index in [9.17, 15) is 9.90 Å². The second-order valence-electron chi connectivity index (χ2n) is 3.57. The van der Waals surface area contributed by atoms with Gasteiger partial charge in [-0.3, -0.25) is 4.79 Å². The van der Waals surface area contributed by atoms with Crippen LogP contribution in [0.25, 0.3) is 0 Å². The van der Waals surface area contributed by atoms with E-state index in [2.05, 4.69) is 5.32 Å². The van der Waals surface area contributed by atoms with Crippen molar-refractivity contribution in [2.45, 2.75) is 19.4 Å². The zero-order chi connectivity index (χ0) is 12.8. The Balaban J connectivity index is 2.66. The molecule has 0 aromatic heterocycles. The molecule has 0 saturated carbocycles. The van der Waals surface area contributed by atoms with E-state index in [1.165, 1.54) is 7.11 Å². The number of benzene rings is 1. The number of methoxy groups -OCH3 is 1. The number of rotatable bonds is 5. The van der Waals surface area contributed by atoms with E-state index < -0.39 is 6.10 Å². The highest BCUT2D eigenvalue weighted by Crippen LogP contribution is 2.27. The summed E-state index contributed by atoms with van der Waals surface area (Å²) < 4.78 is 5.01. The number of hydrogen-bond acceptors (Lipinski definition) is 3. The number of aliphatic hydroxyl groups excluding tert-OH is 1. The monoisotopic (exact) mass is 257 g/mol. The molecular weight excluding hydrogens is 242 g/mol. The van der Waals surface area contributed by atoms with Crippen molar-refractivity contribution in [3.8, 4) is 5.75 Å². The maximum Gasteiger partial charge on any atom is 0.219 e. The number of amides is 1. The fourth-order valence-corrected chi connectivity index (χ4v) is 1.61. The second-order valence-corrected chi connectivity index (χ2v) is 3.97. The van der Waals surface area contributed by atoms with Gasteiger partial charge in [-0.2, -0.15) is 0 Å². The van der Waals surface area contributed by atoms with Gasteiger partial charge in [-0.1, -0.05) is 24.6 Å². The highest BCUT2D eigenvalue weighted by atomic mass is 35.5. The van der Waals surface area contributed by atoms with Crippen LogP contribution in [0.2, 0.25) is 5.02 Å². The lowest BCUT2D eigenvalue weighted by Gasteiger charge is -2.13. The van der Waals surface area contributed by atoms with E-state index in [4.69, 9.17) is 16.3 Å². The predicted molar refractivity (Wildman–Crippen MR) is 66.3 cm³/mol. The molecule has 1 amide bonds. The first-order valence-electron chi connectivity index (χ1n) is 5.36. The second kappa shape index (κ2) is 6.47. The van der Waals surface area contributed by atoms with Crippen LogP contribution >= 0.6 is 11.6 Å². The molecule has 1 aromatic rings. The van der Waals surface area contributed by atoms with Gasteiger partial charge in [0.05, 0.1) is 18.2 Å². The van der Waals surface area contributed by atoms with Crippen LogP contribution in [0.15, 0.2) is 18.2 Å². The van der Waals surface area contributed by atoms with Crippen molar-refractivity contribution in [3.05, 3.63) is 28.8 Å². The van der Waals surface area contributed by atoms with Crippen LogP contribution in [0.1, 0.15) is 25.0 Å². The van der Waals surface area contributed by atoms with Crippen LogP contribution in [0, 0.1) is 0 Å². The number of nitrogens with one attached hydrogen (secondary N) is 1. The zero-order valence-corrected chi connectivity index (χ0v) is 10.6. The van der Waals surface area contributed by atoms with Crippen molar-refractivity contribution in [2.75, 3.05) is 13.7 Å². The molecule has 0 radical (unpaired) electrons. The van der Waals surface area contributed by atoms with Crippen LogP contribution in [-0.4, -0.2) is 24.7 Å². The fraction of sp³-hybridized carbons (Fsp3) is 0.417. The van der Waals surface area contributed by atoms with Crippen molar-refractivity contribution >= 4 is 17.5 Å². The fourth-order valence-electron chi connectivity index (χ4n) is 1.34. The van der Waals surface area contributed by atoms with Gasteiger partial charge in [0.2, 0.25) is 5.91 Å². The van der Waals surface area contributed by atoms with Gasteiger partial charge in [-0.25, -0.2) is 0 Å². The van der Waals surface area contributed by atoms with Crippen LogP contribution < -0.4 is 10.1 Å². The molecule has 1 unspecified atom stereocenters. The van der Waals surface area contributed by atoms with E-state index in [1.54, 1.807) is 25.1 Å². The number of aliphatic hydroxyl groups is 1. The normalized spacial score (nSPS) is 12.0. The molecular formula is C12H16ClNO3. The van der Waals surface area contributed by atoms with Gasteiger partial charge in [0.1, 0.15) is 5.75 Å². The third kappa shape index (κ3) is 3.91. The number of carbonyl (C=O) groups excluding carboxylic acids is 1. The van der Waals surface area contributed by atoms with E-state index >= 15 is 0 Å². The average molecular weight is 258 g/mol. The number of carbonyl (C=O) groups is 1. The number of hydrogen-bond donors (Lipinski definition) is 2. The summed E-state index contributed by atoms with van der Waals surface area (Å²) in [6, 6.07) is 5.03. The summed E-state index contributed by atoms with van der Waals surface area (Å²) in [5, 5.41) is 12.9. The summed E-state index contributed by atoms with van der Waals surface area (Å²) in [5.74, 6) is 0.462. The lowest BCUT2D eigenvalue weighted by Crippen LogP contribution is -2.27. The summed E-state index contributed by atoms with van der Waals surface area (Å²) in [6.07, 6.45) is -0.371. The third-order valence-electron chi connectivity index (χ3n) is 2.37. The molecule has 0 aliphatic heterocycles. The minimum absolute atomic E-state index is 0.0938. The first-order valence-corrected chi connectivity index (χ1v) is 5.74. The summed E-state index contributed by atoms with van der Waals surface area (Å²) >= 11 is 5.94. The molecule has 0 fully saturated rings. The summed E-state index contributed by atoms with van der Waals surface area (Å²) in [7, 11) is 1.53. The van der Waals surface area contributed by atoms with E-state index in [0.717, 1.165) is 0 Å². The van der Waals surface area contributed by atoms with Crippen LogP contribution in [0.3, 0.4) is 0 Å². The summed E-state index contributed by atoms with van der Waals surface area (Å²) in [4.78, 5) is 11.0. The average Bonchev–Trinajstić information content (AvgIpc) is 2.35. The maximum atomic E-state index is 11.0. The molecule has 1 rings (SSSR count). The standard InChI is InChI=1S/C12H16ClNO3/c1-3-12(16)14-7-10(15)8-4-5-11(17-2)9(13)6-8/h4-6,10,15H,3,7H2,1-2H3,(H,14,16). The van der Waals surface area contributed by atoms with Gasteiger partial charge >= 0.3 is 0 Å². The Labute approximate surface area is 106 Å². The van der Waals surface area contributed by atoms with Gasteiger partial charge in [0.15, 0.2) is 0 Å². The van der Waals surface area contributed by atoms with Crippen molar-refractivity contribution in [3.63, 3.8) is 0 Å². The molecule has 0 aliphatic carbocycles. The molecule has 1 atom stereocenters. The Hall–Kier alpha value is -1.26.